The first kappa shape index (κ1) is 26.1. The van der Waals surface area contributed by atoms with E-state index < -0.39 is 0 Å². The van der Waals surface area contributed by atoms with Crippen molar-refractivity contribution in [2.24, 2.45) is 5.92 Å². The third-order valence-corrected chi connectivity index (χ3v) is 5.91. The highest BCUT2D eigenvalue weighted by Crippen LogP contribution is 2.26. The molecule has 1 rings (SSSR count). The SMILES string of the molecule is CC(C)=CCC/C(C)=C/CC/C(C)=C/CC/C(C)=C/CC1=C(C)C(=O)C(C)CC1=O. The Morgan fingerprint density at radius 2 is 1.27 bits per heavy atom. The summed E-state index contributed by atoms with van der Waals surface area (Å²) in [6, 6.07) is 0. The van der Waals surface area contributed by atoms with Crippen LogP contribution >= 0.6 is 0 Å². The molecule has 0 aromatic heterocycles. The first-order valence-corrected chi connectivity index (χ1v) is 11.5. The quantitative estimate of drug-likeness (QED) is 0.323. The molecule has 0 saturated carbocycles. The zero-order chi connectivity index (χ0) is 22.7. The van der Waals surface area contributed by atoms with Crippen LogP contribution in [0.3, 0.4) is 0 Å². The van der Waals surface area contributed by atoms with Crippen molar-refractivity contribution in [3.63, 3.8) is 0 Å². The lowest BCUT2D eigenvalue weighted by Gasteiger charge is -2.20. The van der Waals surface area contributed by atoms with Crippen molar-refractivity contribution >= 4 is 11.6 Å². The third kappa shape index (κ3) is 9.69. The minimum Gasteiger partial charge on any atom is -0.295 e. The highest BCUT2D eigenvalue weighted by atomic mass is 16.1. The summed E-state index contributed by atoms with van der Waals surface area (Å²) in [5.41, 5.74) is 6.99. The molecule has 2 heteroatoms. The van der Waals surface area contributed by atoms with Gasteiger partial charge in [-0.1, -0.05) is 53.5 Å². The lowest BCUT2D eigenvalue weighted by Crippen LogP contribution is -2.25. The minimum absolute atomic E-state index is 0.135. The summed E-state index contributed by atoms with van der Waals surface area (Å²) in [6.45, 7) is 14.5. The Hall–Kier alpha value is -1.96. The summed E-state index contributed by atoms with van der Waals surface area (Å²) in [5.74, 6) is 0.120. The van der Waals surface area contributed by atoms with Crippen molar-refractivity contribution < 1.29 is 9.59 Å². The number of hydrogen-bond donors (Lipinski definition) is 0. The van der Waals surface area contributed by atoms with Crippen molar-refractivity contribution in [3.8, 4) is 0 Å². The van der Waals surface area contributed by atoms with Crippen molar-refractivity contribution in [2.45, 2.75) is 99.8 Å². The zero-order valence-corrected chi connectivity index (χ0v) is 20.4. The molecule has 0 aliphatic heterocycles. The molecule has 0 amide bonds. The molecule has 1 atom stereocenters. The monoisotopic (exact) mass is 410 g/mol. The molecule has 0 N–H and O–H groups in total. The lowest BCUT2D eigenvalue weighted by molar-refractivity contribution is -0.125. The molecule has 2 nitrogen and oxygen atoms in total. The Morgan fingerprint density at radius 3 is 1.77 bits per heavy atom. The van der Waals surface area contributed by atoms with Crippen LogP contribution in [0.4, 0.5) is 0 Å². The van der Waals surface area contributed by atoms with E-state index in [2.05, 4.69) is 58.9 Å². The topological polar surface area (TPSA) is 34.1 Å². The van der Waals surface area contributed by atoms with E-state index in [1.807, 2.05) is 6.92 Å². The summed E-state index contributed by atoms with van der Waals surface area (Å²) in [4.78, 5) is 24.4. The number of hydrogen-bond acceptors (Lipinski definition) is 2. The van der Waals surface area contributed by atoms with Gasteiger partial charge in [0, 0.05) is 17.9 Å². The molecule has 1 unspecified atom stereocenters. The van der Waals surface area contributed by atoms with Gasteiger partial charge in [0.25, 0.3) is 0 Å². The Balaban J connectivity index is 2.42. The number of allylic oxidation sites excluding steroid dienone is 10. The predicted molar refractivity (Wildman–Crippen MR) is 130 cm³/mol. The second kappa shape index (κ2) is 13.4. The van der Waals surface area contributed by atoms with Gasteiger partial charge in [-0.3, -0.25) is 9.59 Å². The van der Waals surface area contributed by atoms with Crippen molar-refractivity contribution in [1.29, 1.82) is 0 Å². The van der Waals surface area contributed by atoms with Gasteiger partial charge >= 0.3 is 0 Å². The Kier molecular flexibility index (Phi) is 11.6. The second-order valence-corrected chi connectivity index (χ2v) is 9.25. The van der Waals surface area contributed by atoms with Crippen LogP contribution < -0.4 is 0 Å². The van der Waals surface area contributed by atoms with E-state index in [-0.39, 0.29) is 17.5 Å². The fraction of sp³-hybridized carbons (Fsp3) is 0.571. The zero-order valence-electron chi connectivity index (χ0n) is 20.4. The van der Waals surface area contributed by atoms with Crippen LogP contribution in [0.2, 0.25) is 0 Å². The molecule has 0 saturated heterocycles. The molecule has 166 valence electrons. The normalized spacial score (nSPS) is 18.9. The van der Waals surface area contributed by atoms with Crippen LogP contribution in [0, 0.1) is 5.92 Å². The third-order valence-electron chi connectivity index (χ3n) is 5.91. The van der Waals surface area contributed by atoms with E-state index in [9.17, 15) is 9.59 Å². The van der Waals surface area contributed by atoms with E-state index in [4.69, 9.17) is 0 Å². The molecular formula is C28H42O2. The van der Waals surface area contributed by atoms with Gasteiger partial charge in [-0.15, -0.1) is 0 Å². The first-order valence-electron chi connectivity index (χ1n) is 11.5. The number of carbonyl (C=O) groups excluding carboxylic acids is 2. The van der Waals surface area contributed by atoms with Gasteiger partial charge in [-0.25, -0.2) is 0 Å². The maximum absolute atomic E-state index is 12.3. The Morgan fingerprint density at radius 1 is 0.800 bits per heavy atom. The van der Waals surface area contributed by atoms with Gasteiger partial charge in [0.15, 0.2) is 11.6 Å². The summed E-state index contributed by atoms with van der Waals surface area (Å²) in [7, 11) is 0. The van der Waals surface area contributed by atoms with Crippen LogP contribution in [0.5, 0.6) is 0 Å². The predicted octanol–water partition coefficient (Wildman–Crippen LogP) is 8.02. The molecule has 0 fully saturated rings. The average Bonchev–Trinajstić information content (AvgIpc) is 2.65. The van der Waals surface area contributed by atoms with E-state index in [1.54, 1.807) is 6.92 Å². The van der Waals surface area contributed by atoms with Gasteiger partial charge in [0.1, 0.15) is 0 Å². The van der Waals surface area contributed by atoms with Gasteiger partial charge in [-0.2, -0.15) is 0 Å². The highest BCUT2D eigenvalue weighted by Gasteiger charge is 2.28. The lowest BCUT2D eigenvalue weighted by atomic mass is 9.82. The maximum atomic E-state index is 12.3. The summed E-state index contributed by atoms with van der Waals surface area (Å²) < 4.78 is 0. The minimum atomic E-state index is -0.157. The van der Waals surface area contributed by atoms with E-state index in [1.165, 1.54) is 22.3 Å². The van der Waals surface area contributed by atoms with Crippen LogP contribution in [-0.2, 0) is 9.59 Å². The molecule has 1 aliphatic carbocycles. The molecular weight excluding hydrogens is 368 g/mol. The average molecular weight is 411 g/mol. The standard InChI is InChI=1S/C28H42O2/c1-20(2)11-8-12-21(3)13-9-14-22(4)15-10-16-23(5)17-18-26-25(7)28(30)24(6)19-27(26)29/h11,13,15,17,24H,8-10,12,14,16,18-19H2,1-7H3/b21-13+,22-15+,23-17+. The van der Waals surface area contributed by atoms with E-state index >= 15 is 0 Å². The van der Waals surface area contributed by atoms with Crippen LogP contribution in [0.25, 0.3) is 0 Å². The van der Waals surface area contributed by atoms with Gasteiger partial charge in [-0.05, 0) is 92.1 Å². The van der Waals surface area contributed by atoms with Crippen LogP contribution in [-0.4, -0.2) is 11.6 Å². The number of carbonyl (C=O) groups is 2. The molecule has 0 heterocycles. The molecule has 0 aromatic carbocycles. The summed E-state index contributed by atoms with van der Waals surface area (Å²) in [5, 5.41) is 0. The fourth-order valence-electron chi connectivity index (χ4n) is 3.75. The summed E-state index contributed by atoms with van der Waals surface area (Å²) in [6.07, 6.45) is 16.6. The fourth-order valence-corrected chi connectivity index (χ4v) is 3.75. The van der Waals surface area contributed by atoms with Crippen LogP contribution in [0.1, 0.15) is 99.8 Å². The smallest absolute Gasteiger partial charge is 0.162 e. The van der Waals surface area contributed by atoms with Crippen LogP contribution in [0.15, 0.2) is 57.7 Å². The van der Waals surface area contributed by atoms with Gasteiger partial charge < -0.3 is 0 Å². The van der Waals surface area contributed by atoms with Gasteiger partial charge in [0.05, 0.1) is 0 Å². The Labute approximate surface area is 184 Å². The number of Topliss-reactive ketones (excluding diaryl/α,β-unsaturated/α-hetero) is 2. The summed E-state index contributed by atoms with van der Waals surface area (Å²) >= 11 is 0. The van der Waals surface area contributed by atoms with Crippen molar-refractivity contribution in [3.05, 3.63) is 57.7 Å². The molecule has 0 radical (unpaired) electrons. The number of rotatable bonds is 11. The number of ketones is 2. The van der Waals surface area contributed by atoms with E-state index in [0.29, 0.717) is 18.4 Å². The molecule has 1 aliphatic rings. The van der Waals surface area contributed by atoms with Gasteiger partial charge in [0.2, 0.25) is 0 Å². The second-order valence-electron chi connectivity index (χ2n) is 9.25. The molecule has 0 bridgehead atoms. The molecule has 0 aromatic rings. The van der Waals surface area contributed by atoms with Crippen molar-refractivity contribution in [1.82, 2.24) is 0 Å². The first-order chi connectivity index (χ1) is 14.1. The largest absolute Gasteiger partial charge is 0.295 e. The highest BCUT2D eigenvalue weighted by molar-refractivity contribution is 6.12. The molecule has 0 spiro atoms. The van der Waals surface area contributed by atoms with E-state index in [0.717, 1.165) is 44.1 Å². The molecule has 30 heavy (non-hydrogen) atoms. The maximum Gasteiger partial charge on any atom is 0.162 e. The Bertz CT molecular complexity index is 764. The van der Waals surface area contributed by atoms with Crippen molar-refractivity contribution in [2.75, 3.05) is 0 Å².